The zero-order valence-corrected chi connectivity index (χ0v) is 12.1. The van der Waals surface area contributed by atoms with Gasteiger partial charge in [0.25, 0.3) is 0 Å². The number of aryl methyl sites for hydroxylation is 2. The van der Waals surface area contributed by atoms with Crippen molar-refractivity contribution in [1.29, 1.82) is 0 Å². The molecular weight excluding hydrogens is 256 g/mol. The molecule has 1 saturated heterocycles. The Morgan fingerprint density at radius 2 is 1.85 bits per heavy atom. The van der Waals surface area contributed by atoms with Crippen LogP contribution in [0.25, 0.3) is 0 Å². The molecule has 0 radical (unpaired) electrons. The summed E-state index contributed by atoms with van der Waals surface area (Å²) in [7, 11) is 3.34. The molecule has 1 aromatic carbocycles. The van der Waals surface area contributed by atoms with Crippen LogP contribution in [0, 0.1) is 13.8 Å². The van der Waals surface area contributed by atoms with Crippen LogP contribution in [0.4, 0.5) is 10.5 Å². The van der Waals surface area contributed by atoms with Crippen molar-refractivity contribution in [2.24, 2.45) is 4.99 Å². The van der Waals surface area contributed by atoms with E-state index < -0.39 is 6.03 Å². The van der Waals surface area contributed by atoms with Crippen LogP contribution in [0.5, 0.6) is 0 Å². The van der Waals surface area contributed by atoms with Gasteiger partial charge in [-0.1, -0.05) is 18.2 Å². The maximum atomic E-state index is 12.0. The molecule has 0 aromatic heterocycles. The van der Waals surface area contributed by atoms with E-state index in [1.165, 1.54) is 4.90 Å². The molecule has 0 saturated carbocycles. The van der Waals surface area contributed by atoms with E-state index >= 15 is 0 Å². The molecule has 20 heavy (non-hydrogen) atoms. The number of hydrogen-bond donors (Lipinski definition) is 1. The number of nitrogens with one attached hydrogen (secondary N) is 1. The summed E-state index contributed by atoms with van der Waals surface area (Å²) in [6, 6.07) is 5.30. The first kappa shape index (κ1) is 14.0. The highest BCUT2D eigenvalue weighted by Gasteiger charge is 2.29. The third kappa shape index (κ3) is 2.64. The molecule has 0 unspecified atom stereocenters. The van der Waals surface area contributed by atoms with Gasteiger partial charge < -0.3 is 10.2 Å². The molecule has 1 heterocycles. The Kier molecular flexibility index (Phi) is 3.74. The first-order chi connectivity index (χ1) is 9.40. The van der Waals surface area contributed by atoms with Gasteiger partial charge in [-0.15, -0.1) is 0 Å². The summed E-state index contributed by atoms with van der Waals surface area (Å²) in [6.45, 7) is 4.09. The number of guanidine groups is 1. The van der Waals surface area contributed by atoms with Crippen LogP contribution < -0.4 is 5.32 Å². The van der Waals surface area contributed by atoms with E-state index in [0.29, 0.717) is 5.96 Å². The van der Waals surface area contributed by atoms with Crippen molar-refractivity contribution in [3.8, 4) is 0 Å². The predicted octanol–water partition coefficient (Wildman–Crippen LogP) is 1.60. The van der Waals surface area contributed by atoms with E-state index in [-0.39, 0.29) is 12.5 Å². The van der Waals surface area contributed by atoms with E-state index in [9.17, 15) is 9.59 Å². The quantitative estimate of drug-likeness (QED) is 0.846. The van der Waals surface area contributed by atoms with E-state index in [4.69, 9.17) is 0 Å². The number of nitrogens with zero attached hydrogens (tertiary/aromatic N) is 3. The molecule has 1 fully saturated rings. The molecule has 106 valence electrons. The van der Waals surface area contributed by atoms with Crippen LogP contribution in [0.15, 0.2) is 23.2 Å². The highest BCUT2D eigenvalue weighted by Crippen LogP contribution is 2.19. The Morgan fingerprint density at radius 3 is 2.35 bits per heavy atom. The third-order valence-corrected chi connectivity index (χ3v) is 3.30. The van der Waals surface area contributed by atoms with Gasteiger partial charge in [0.15, 0.2) is 0 Å². The van der Waals surface area contributed by atoms with Crippen molar-refractivity contribution in [2.75, 3.05) is 26.0 Å². The van der Waals surface area contributed by atoms with Gasteiger partial charge in [0.1, 0.15) is 0 Å². The predicted molar refractivity (Wildman–Crippen MR) is 77.8 cm³/mol. The Morgan fingerprint density at radius 1 is 1.25 bits per heavy atom. The van der Waals surface area contributed by atoms with Crippen LogP contribution in [-0.2, 0) is 4.79 Å². The van der Waals surface area contributed by atoms with Gasteiger partial charge in [0, 0.05) is 19.8 Å². The number of aliphatic imine (C=N–C) groups is 1. The maximum absolute atomic E-state index is 12.0. The molecule has 6 heteroatoms. The summed E-state index contributed by atoms with van der Waals surface area (Å²) in [5.41, 5.74) is 2.71. The van der Waals surface area contributed by atoms with Crippen LogP contribution in [0.3, 0.4) is 0 Å². The monoisotopic (exact) mass is 274 g/mol. The Balaban J connectivity index is 2.19. The Bertz CT molecular complexity index is 575. The average molecular weight is 274 g/mol. The minimum Gasteiger partial charge on any atom is -0.336 e. The van der Waals surface area contributed by atoms with Crippen molar-refractivity contribution in [3.05, 3.63) is 29.3 Å². The molecule has 0 atom stereocenters. The normalized spacial score (nSPS) is 17.0. The van der Waals surface area contributed by atoms with E-state index in [1.807, 2.05) is 32.0 Å². The summed E-state index contributed by atoms with van der Waals surface area (Å²) in [5.74, 6) is 0.282. The lowest BCUT2D eigenvalue weighted by molar-refractivity contribution is -0.124. The van der Waals surface area contributed by atoms with Gasteiger partial charge >= 0.3 is 6.03 Å². The molecule has 0 bridgehead atoms. The van der Waals surface area contributed by atoms with Crippen molar-refractivity contribution in [1.82, 2.24) is 9.80 Å². The number of likely N-dealkylation sites (N-methyl/N-ethyl adjacent to an activating group) is 2. The molecule has 1 aliphatic rings. The molecule has 0 aliphatic carbocycles. The molecule has 6 nitrogen and oxygen atoms in total. The minimum atomic E-state index is -0.481. The lowest BCUT2D eigenvalue weighted by Gasteiger charge is -2.14. The number of anilines is 1. The second-order valence-corrected chi connectivity index (χ2v) is 4.92. The molecule has 2 rings (SSSR count). The molecule has 1 aromatic rings. The molecule has 1 N–H and O–H groups in total. The minimum absolute atomic E-state index is 0.0777. The fourth-order valence-electron chi connectivity index (χ4n) is 2.14. The third-order valence-electron chi connectivity index (χ3n) is 3.30. The number of carbonyl (C=O) groups excluding carboxylic acids is 2. The molecular formula is C14H18N4O2. The van der Waals surface area contributed by atoms with E-state index in [1.54, 1.807) is 19.0 Å². The fourth-order valence-corrected chi connectivity index (χ4v) is 2.14. The van der Waals surface area contributed by atoms with Gasteiger partial charge in [0.05, 0.1) is 6.54 Å². The second-order valence-electron chi connectivity index (χ2n) is 4.92. The first-order valence-corrected chi connectivity index (χ1v) is 6.33. The van der Waals surface area contributed by atoms with Gasteiger partial charge in [-0.25, -0.2) is 4.79 Å². The lowest BCUT2D eigenvalue weighted by atomic mass is 10.1. The molecule has 0 spiro atoms. The van der Waals surface area contributed by atoms with Gasteiger partial charge in [-0.05, 0) is 25.0 Å². The van der Waals surface area contributed by atoms with Crippen LogP contribution in [0.1, 0.15) is 11.1 Å². The number of amides is 3. The number of benzene rings is 1. The summed E-state index contributed by atoms with van der Waals surface area (Å²) < 4.78 is 0. The van der Waals surface area contributed by atoms with Gasteiger partial charge in [-0.3, -0.25) is 9.69 Å². The topological polar surface area (TPSA) is 65.0 Å². The standard InChI is InChI=1S/C14H18N4O2/c1-9-6-5-7-10(2)12(9)15-13(20)16-14-17(3)8-11(19)18(14)4/h5-7H,8H2,1-4H3,(H,15,20)/b16-14+. The summed E-state index contributed by atoms with van der Waals surface area (Å²) in [4.78, 5) is 30.5. The summed E-state index contributed by atoms with van der Waals surface area (Å²) in [5, 5.41) is 2.77. The van der Waals surface area contributed by atoms with Crippen LogP contribution in [-0.4, -0.2) is 48.3 Å². The Hall–Kier alpha value is -2.37. The SMILES string of the molecule is Cc1cccc(C)c1NC(=O)/N=C1\N(C)CC(=O)N1C. The van der Waals surface area contributed by atoms with Gasteiger partial charge in [0.2, 0.25) is 11.9 Å². The van der Waals surface area contributed by atoms with Crippen LogP contribution >= 0.6 is 0 Å². The zero-order chi connectivity index (χ0) is 14.9. The lowest BCUT2D eigenvalue weighted by Crippen LogP contribution is -2.31. The highest BCUT2D eigenvalue weighted by molar-refractivity contribution is 6.09. The number of carbonyl (C=O) groups is 2. The van der Waals surface area contributed by atoms with E-state index in [0.717, 1.165) is 16.8 Å². The number of rotatable bonds is 1. The number of para-hydroxylation sites is 1. The smallest absolute Gasteiger partial charge is 0.336 e. The zero-order valence-electron chi connectivity index (χ0n) is 12.1. The van der Waals surface area contributed by atoms with Crippen molar-refractivity contribution < 1.29 is 9.59 Å². The summed E-state index contributed by atoms with van der Waals surface area (Å²) >= 11 is 0. The largest absolute Gasteiger partial charge is 0.348 e. The van der Waals surface area contributed by atoms with Crippen LogP contribution in [0.2, 0.25) is 0 Å². The highest BCUT2D eigenvalue weighted by atomic mass is 16.2. The first-order valence-electron chi connectivity index (χ1n) is 6.33. The second kappa shape index (κ2) is 5.32. The molecule has 3 amide bonds. The number of hydrogen-bond acceptors (Lipinski definition) is 2. The van der Waals surface area contributed by atoms with Crippen molar-refractivity contribution in [2.45, 2.75) is 13.8 Å². The molecule has 1 aliphatic heterocycles. The van der Waals surface area contributed by atoms with Crippen molar-refractivity contribution >= 4 is 23.6 Å². The summed E-state index contributed by atoms with van der Waals surface area (Å²) in [6.07, 6.45) is 0. The fraction of sp³-hybridized carbons (Fsp3) is 0.357. The average Bonchev–Trinajstić information content (AvgIpc) is 2.61. The Labute approximate surface area is 118 Å². The van der Waals surface area contributed by atoms with E-state index in [2.05, 4.69) is 10.3 Å². The van der Waals surface area contributed by atoms with Crippen molar-refractivity contribution in [3.63, 3.8) is 0 Å². The maximum Gasteiger partial charge on any atom is 0.348 e. The number of urea groups is 1. The van der Waals surface area contributed by atoms with Gasteiger partial charge in [-0.2, -0.15) is 4.99 Å².